The molecule has 0 saturated carbocycles. The molecule has 1 fully saturated rings. The molecule has 0 amide bonds. The summed E-state index contributed by atoms with van der Waals surface area (Å²) in [6, 6.07) is 8.59. The van der Waals surface area contributed by atoms with Crippen molar-refractivity contribution in [3.8, 4) is 16.9 Å². The fourth-order valence-electron chi connectivity index (χ4n) is 2.53. The van der Waals surface area contributed by atoms with Gasteiger partial charge in [-0.25, -0.2) is 0 Å². The zero-order chi connectivity index (χ0) is 13.1. The quantitative estimate of drug-likeness (QED) is 0.918. The third-order valence-corrected chi connectivity index (χ3v) is 3.67. The number of hydrogen-bond donors (Lipinski definition) is 1. The van der Waals surface area contributed by atoms with E-state index in [9.17, 15) is 0 Å². The first-order chi connectivity index (χ1) is 9.36. The molecule has 1 aromatic carbocycles. The predicted molar refractivity (Wildman–Crippen MR) is 75.4 cm³/mol. The normalized spacial score (nSPS) is 19.3. The second kappa shape index (κ2) is 5.45. The van der Waals surface area contributed by atoms with Gasteiger partial charge in [0.15, 0.2) is 0 Å². The second-order valence-corrected chi connectivity index (χ2v) is 4.94. The molecule has 0 bridgehead atoms. The molecule has 0 radical (unpaired) electrons. The largest absolute Gasteiger partial charge is 0.497 e. The van der Waals surface area contributed by atoms with Crippen molar-refractivity contribution in [2.24, 2.45) is 0 Å². The lowest BCUT2D eigenvalue weighted by Gasteiger charge is -2.22. The Bertz CT molecular complexity index is 527. The first-order valence-corrected chi connectivity index (χ1v) is 6.76. The Morgan fingerprint density at radius 1 is 1.26 bits per heavy atom. The average molecular weight is 257 g/mol. The molecule has 2 heterocycles. The number of ether oxygens (including phenoxy) is 1. The molecule has 0 aliphatic carbocycles. The van der Waals surface area contributed by atoms with Gasteiger partial charge in [0.1, 0.15) is 5.75 Å². The van der Waals surface area contributed by atoms with E-state index >= 15 is 0 Å². The fraction of sp³-hybridized carbons (Fsp3) is 0.400. The fourth-order valence-corrected chi connectivity index (χ4v) is 2.53. The lowest BCUT2D eigenvalue weighted by atomic mass is 10.1. The number of piperidine rings is 1. The van der Waals surface area contributed by atoms with Gasteiger partial charge in [-0.1, -0.05) is 12.1 Å². The minimum absolute atomic E-state index is 0.487. The minimum atomic E-state index is 0.487. The molecule has 4 heteroatoms. The van der Waals surface area contributed by atoms with E-state index in [0.29, 0.717) is 6.04 Å². The molecule has 2 aromatic rings. The molecule has 1 atom stereocenters. The molecule has 1 unspecified atom stereocenters. The molecule has 0 spiro atoms. The third kappa shape index (κ3) is 2.63. The van der Waals surface area contributed by atoms with Crippen LogP contribution in [0.4, 0.5) is 0 Å². The Morgan fingerprint density at radius 3 is 2.79 bits per heavy atom. The molecular weight excluding hydrogens is 238 g/mol. The predicted octanol–water partition coefficient (Wildman–Crippen LogP) is 2.48. The minimum Gasteiger partial charge on any atom is -0.497 e. The molecule has 100 valence electrons. The molecule has 1 N–H and O–H groups in total. The molecule has 4 nitrogen and oxygen atoms in total. The van der Waals surface area contributed by atoms with Crippen LogP contribution in [0.2, 0.25) is 0 Å². The summed E-state index contributed by atoms with van der Waals surface area (Å²) < 4.78 is 7.27. The highest BCUT2D eigenvalue weighted by Crippen LogP contribution is 2.24. The van der Waals surface area contributed by atoms with Gasteiger partial charge < -0.3 is 10.1 Å². The van der Waals surface area contributed by atoms with E-state index in [4.69, 9.17) is 4.74 Å². The van der Waals surface area contributed by atoms with Crippen LogP contribution in [0.15, 0.2) is 36.7 Å². The molecule has 3 rings (SSSR count). The maximum absolute atomic E-state index is 5.18. The number of methoxy groups -OCH3 is 1. The van der Waals surface area contributed by atoms with Gasteiger partial charge in [-0.15, -0.1) is 0 Å². The highest BCUT2D eigenvalue weighted by atomic mass is 16.5. The number of hydrogen-bond acceptors (Lipinski definition) is 3. The summed E-state index contributed by atoms with van der Waals surface area (Å²) in [5.74, 6) is 0.882. The van der Waals surface area contributed by atoms with Gasteiger partial charge >= 0.3 is 0 Å². The van der Waals surface area contributed by atoms with E-state index in [1.54, 1.807) is 7.11 Å². The van der Waals surface area contributed by atoms with Crippen molar-refractivity contribution in [2.75, 3.05) is 20.2 Å². The lowest BCUT2D eigenvalue weighted by Crippen LogP contribution is -2.31. The van der Waals surface area contributed by atoms with Gasteiger partial charge in [0.25, 0.3) is 0 Å². The summed E-state index contributed by atoms with van der Waals surface area (Å²) in [6.07, 6.45) is 6.51. The van der Waals surface area contributed by atoms with Crippen molar-refractivity contribution in [1.82, 2.24) is 15.1 Å². The Kier molecular flexibility index (Phi) is 3.51. The molecule has 1 aliphatic heterocycles. The van der Waals surface area contributed by atoms with Gasteiger partial charge in [-0.3, -0.25) is 4.68 Å². The second-order valence-electron chi connectivity index (χ2n) is 4.94. The van der Waals surface area contributed by atoms with E-state index in [1.807, 2.05) is 18.3 Å². The molecule has 19 heavy (non-hydrogen) atoms. The smallest absolute Gasteiger partial charge is 0.118 e. The number of aromatic nitrogens is 2. The lowest BCUT2D eigenvalue weighted by molar-refractivity contribution is 0.347. The van der Waals surface area contributed by atoms with Gasteiger partial charge in [0, 0.05) is 18.3 Å². The summed E-state index contributed by atoms with van der Waals surface area (Å²) in [7, 11) is 1.68. The number of benzene rings is 1. The van der Waals surface area contributed by atoms with Crippen molar-refractivity contribution in [3.05, 3.63) is 36.7 Å². The van der Waals surface area contributed by atoms with Gasteiger partial charge in [-0.05, 0) is 37.1 Å². The molecule has 1 aromatic heterocycles. The van der Waals surface area contributed by atoms with Crippen LogP contribution in [0.1, 0.15) is 18.9 Å². The van der Waals surface area contributed by atoms with Crippen LogP contribution in [0.5, 0.6) is 5.75 Å². The van der Waals surface area contributed by atoms with Gasteiger partial charge in [0.2, 0.25) is 0 Å². The summed E-state index contributed by atoms with van der Waals surface area (Å²) >= 11 is 0. The molecule has 1 aliphatic rings. The third-order valence-electron chi connectivity index (χ3n) is 3.67. The van der Waals surface area contributed by atoms with E-state index in [1.165, 1.54) is 18.4 Å². The Morgan fingerprint density at radius 2 is 2.11 bits per heavy atom. The standard InChI is InChI=1S/C15H19N3O/c1-19-15-6-4-12(5-7-15)13-9-17-18(11-13)14-3-2-8-16-10-14/h4-7,9,11,14,16H,2-3,8,10H2,1H3. The Labute approximate surface area is 113 Å². The zero-order valence-corrected chi connectivity index (χ0v) is 11.2. The summed E-state index contributed by atoms with van der Waals surface area (Å²) in [4.78, 5) is 0. The van der Waals surface area contributed by atoms with Crippen molar-refractivity contribution >= 4 is 0 Å². The van der Waals surface area contributed by atoms with E-state index in [0.717, 1.165) is 24.4 Å². The Hall–Kier alpha value is -1.81. The van der Waals surface area contributed by atoms with Crippen LogP contribution in [-0.4, -0.2) is 30.0 Å². The maximum Gasteiger partial charge on any atom is 0.118 e. The average Bonchev–Trinajstić information content (AvgIpc) is 2.98. The monoisotopic (exact) mass is 257 g/mol. The summed E-state index contributed by atoms with van der Waals surface area (Å²) in [5.41, 5.74) is 2.34. The van der Waals surface area contributed by atoms with Gasteiger partial charge in [-0.2, -0.15) is 5.10 Å². The number of nitrogens with one attached hydrogen (secondary N) is 1. The molecule has 1 saturated heterocycles. The summed E-state index contributed by atoms with van der Waals surface area (Å²) in [5, 5.41) is 7.92. The van der Waals surface area contributed by atoms with E-state index in [-0.39, 0.29) is 0 Å². The first-order valence-electron chi connectivity index (χ1n) is 6.76. The van der Waals surface area contributed by atoms with Gasteiger partial charge in [0.05, 0.1) is 19.3 Å². The van der Waals surface area contributed by atoms with Crippen LogP contribution in [0.3, 0.4) is 0 Å². The van der Waals surface area contributed by atoms with E-state index in [2.05, 4.69) is 33.4 Å². The highest BCUT2D eigenvalue weighted by Gasteiger charge is 2.15. The molecular formula is C15H19N3O. The van der Waals surface area contributed by atoms with Crippen molar-refractivity contribution < 1.29 is 4.74 Å². The van der Waals surface area contributed by atoms with Crippen molar-refractivity contribution in [3.63, 3.8) is 0 Å². The zero-order valence-electron chi connectivity index (χ0n) is 11.2. The summed E-state index contributed by atoms with van der Waals surface area (Å²) in [6.45, 7) is 2.15. The van der Waals surface area contributed by atoms with Crippen molar-refractivity contribution in [2.45, 2.75) is 18.9 Å². The Balaban J connectivity index is 1.79. The number of rotatable bonds is 3. The maximum atomic E-state index is 5.18. The van der Waals surface area contributed by atoms with Crippen LogP contribution in [0.25, 0.3) is 11.1 Å². The first kappa shape index (κ1) is 12.2. The van der Waals surface area contributed by atoms with Crippen LogP contribution < -0.4 is 10.1 Å². The topological polar surface area (TPSA) is 39.1 Å². The van der Waals surface area contributed by atoms with Crippen molar-refractivity contribution in [1.29, 1.82) is 0 Å². The van der Waals surface area contributed by atoms with Crippen LogP contribution in [0, 0.1) is 0 Å². The van der Waals surface area contributed by atoms with Crippen LogP contribution in [-0.2, 0) is 0 Å². The van der Waals surface area contributed by atoms with E-state index < -0.39 is 0 Å². The van der Waals surface area contributed by atoms with Crippen LogP contribution >= 0.6 is 0 Å². The highest BCUT2D eigenvalue weighted by molar-refractivity contribution is 5.62. The number of nitrogens with zero attached hydrogens (tertiary/aromatic N) is 2. The SMILES string of the molecule is COc1ccc(-c2cnn(C3CCCNC3)c2)cc1.